The van der Waals surface area contributed by atoms with Gasteiger partial charge in [0.05, 0.1) is 11.1 Å². The maximum atomic E-state index is 10.7. The first-order chi connectivity index (χ1) is 7.04. The maximum absolute atomic E-state index is 10.7. The molecule has 0 aromatic heterocycles. The number of benzene rings is 1. The van der Waals surface area contributed by atoms with Gasteiger partial charge in [-0.15, -0.1) is 0 Å². The molecule has 0 radical (unpaired) electrons. The molecule has 2 N–H and O–H groups in total. The lowest BCUT2D eigenvalue weighted by molar-refractivity contribution is -0.114. The van der Waals surface area contributed by atoms with E-state index in [9.17, 15) is 9.59 Å². The monoisotopic (exact) mass is 204 g/mol. The summed E-state index contributed by atoms with van der Waals surface area (Å²) >= 11 is 0. The number of anilines is 1. The first-order valence-corrected chi connectivity index (χ1v) is 4.09. The zero-order chi connectivity index (χ0) is 11.4. The molecule has 0 bridgehead atoms. The van der Waals surface area contributed by atoms with Crippen LogP contribution >= 0.6 is 0 Å². The highest BCUT2D eigenvalue weighted by atomic mass is 16.4. The lowest BCUT2D eigenvalue weighted by Gasteiger charge is -2.03. The van der Waals surface area contributed by atoms with Crippen LogP contribution in [-0.4, -0.2) is 17.0 Å². The minimum atomic E-state index is -1.17. The Labute approximate surface area is 86.0 Å². The molecule has 15 heavy (non-hydrogen) atoms. The molecule has 0 saturated carbocycles. The van der Waals surface area contributed by atoms with E-state index < -0.39 is 5.97 Å². The summed E-state index contributed by atoms with van der Waals surface area (Å²) in [6.07, 6.45) is 0. The number of amides is 1. The Kier molecular flexibility index (Phi) is 3.03. The Balaban J connectivity index is 3.15. The predicted molar refractivity (Wildman–Crippen MR) is 52.4 cm³/mol. The number of carbonyl (C=O) groups excluding carboxylic acids is 1. The SMILES string of the molecule is CC(=O)Nc1ccc(C(=O)O)c(C#N)c1. The Morgan fingerprint density at radius 2 is 2.13 bits per heavy atom. The third-order valence-electron chi connectivity index (χ3n) is 1.69. The third-order valence-corrected chi connectivity index (χ3v) is 1.69. The largest absolute Gasteiger partial charge is 0.478 e. The van der Waals surface area contributed by atoms with Gasteiger partial charge in [-0.2, -0.15) is 5.26 Å². The van der Waals surface area contributed by atoms with Crippen LogP contribution in [-0.2, 0) is 4.79 Å². The molecule has 0 aliphatic heterocycles. The van der Waals surface area contributed by atoms with Crippen LogP contribution in [0.5, 0.6) is 0 Å². The second-order valence-corrected chi connectivity index (χ2v) is 2.86. The fourth-order valence-corrected chi connectivity index (χ4v) is 1.10. The second kappa shape index (κ2) is 4.24. The summed E-state index contributed by atoms with van der Waals surface area (Å²) < 4.78 is 0. The summed E-state index contributed by atoms with van der Waals surface area (Å²) in [5.74, 6) is -1.44. The van der Waals surface area contributed by atoms with Crippen molar-refractivity contribution in [1.82, 2.24) is 0 Å². The maximum Gasteiger partial charge on any atom is 0.337 e. The van der Waals surface area contributed by atoms with E-state index in [0.717, 1.165) is 0 Å². The van der Waals surface area contributed by atoms with E-state index in [2.05, 4.69) is 5.32 Å². The zero-order valence-corrected chi connectivity index (χ0v) is 7.94. The average molecular weight is 204 g/mol. The highest BCUT2D eigenvalue weighted by Crippen LogP contribution is 2.15. The van der Waals surface area contributed by atoms with Crippen molar-refractivity contribution in [3.05, 3.63) is 29.3 Å². The van der Waals surface area contributed by atoms with Crippen molar-refractivity contribution >= 4 is 17.6 Å². The smallest absolute Gasteiger partial charge is 0.337 e. The van der Waals surface area contributed by atoms with E-state index in [1.165, 1.54) is 25.1 Å². The van der Waals surface area contributed by atoms with Gasteiger partial charge in [-0.25, -0.2) is 4.79 Å². The molecule has 0 aliphatic rings. The quantitative estimate of drug-likeness (QED) is 0.757. The number of aromatic carboxylic acids is 1. The second-order valence-electron chi connectivity index (χ2n) is 2.86. The number of nitrogens with zero attached hydrogens (tertiary/aromatic N) is 1. The molecular weight excluding hydrogens is 196 g/mol. The molecule has 5 heteroatoms. The molecule has 5 nitrogen and oxygen atoms in total. The molecular formula is C10H8N2O3. The van der Waals surface area contributed by atoms with Gasteiger partial charge in [0.15, 0.2) is 0 Å². The molecule has 76 valence electrons. The van der Waals surface area contributed by atoms with Gasteiger partial charge in [0.1, 0.15) is 6.07 Å². The first kappa shape index (κ1) is 10.7. The normalized spacial score (nSPS) is 9.07. The number of carboxylic acids is 1. The minimum Gasteiger partial charge on any atom is -0.478 e. The summed E-state index contributed by atoms with van der Waals surface area (Å²) in [5, 5.41) is 19.9. The Morgan fingerprint density at radius 1 is 1.47 bits per heavy atom. The summed E-state index contributed by atoms with van der Waals surface area (Å²) in [5.41, 5.74) is 0.351. The van der Waals surface area contributed by atoms with Gasteiger partial charge in [-0.05, 0) is 18.2 Å². The van der Waals surface area contributed by atoms with E-state index >= 15 is 0 Å². The van der Waals surface area contributed by atoms with Gasteiger partial charge >= 0.3 is 5.97 Å². The van der Waals surface area contributed by atoms with Gasteiger partial charge in [0.25, 0.3) is 0 Å². The number of rotatable bonds is 2. The zero-order valence-electron chi connectivity index (χ0n) is 7.94. The van der Waals surface area contributed by atoms with Crippen LogP contribution in [0.4, 0.5) is 5.69 Å². The number of nitrogens with one attached hydrogen (secondary N) is 1. The van der Waals surface area contributed by atoms with Crippen LogP contribution in [0, 0.1) is 11.3 Å². The molecule has 1 amide bonds. The molecule has 1 aromatic carbocycles. The fraction of sp³-hybridized carbons (Fsp3) is 0.100. The van der Waals surface area contributed by atoms with Gasteiger partial charge < -0.3 is 10.4 Å². The summed E-state index contributed by atoms with van der Waals surface area (Å²) in [7, 11) is 0. The Morgan fingerprint density at radius 3 is 2.60 bits per heavy atom. The summed E-state index contributed by atoms with van der Waals surface area (Å²) in [6, 6.07) is 5.80. The topological polar surface area (TPSA) is 90.2 Å². The van der Waals surface area contributed by atoms with E-state index in [1.807, 2.05) is 0 Å². The molecule has 0 fully saturated rings. The van der Waals surface area contributed by atoms with Crippen LogP contribution in [0.15, 0.2) is 18.2 Å². The molecule has 0 unspecified atom stereocenters. The fourth-order valence-electron chi connectivity index (χ4n) is 1.10. The molecule has 1 aromatic rings. The molecule has 1 rings (SSSR count). The van der Waals surface area contributed by atoms with Crippen LogP contribution in [0.25, 0.3) is 0 Å². The Hall–Kier alpha value is -2.35. The number of hydrogen-bond acceptors (Lipinski definition) is 3. The van der Waals surface area contributed by atoms with Crippen molar-refractivity contribution < 1.29 is 14.7 Å². The standard InChI is InChI=1S/C10H8N2O3/c1-6(13)12-8-2-3-9(10(14)15)7(4-8)5-11/h2-4H,1H3,(H,12,13)(H,14,15). The van der Waals surface area contributed by atoms with Crippen molar-refractivity contribution in [3.63, 3.8) is 0 Å². The van der Waals surface area contributed by atoms with E-state index in [0.29, 0.717) is 5.69 Å². The molecule has 0 aliphatic carbocycles. The van der Waals surface area contributed by atoms with Gasteiger partial charge in [0, 0.05) is 12.6 Å². The highest BCUT2D eigenvalue weighted by molar-refractivity contribution is 5.93. The van der Waals surface area contributed by atoms with Crippen molar-refractivity contribution in [2.75, 3.05) is 5.32 Å². The highest BCUT2D eigenvalue weighted by Gasteiger charge is 2.10. The van der Waals surface area contributed by atoms with Crippen molar-refractivity contribution in [2.24, 2.45) is 0 Å². The lowest BCUT2D eigenvalue weighted by atomic mass is 10.1. The number of carboxylic acid groups (broad SMARTS) is 1. The van der Waals surface area contributed by atoms with Crippen LogP contribution in [0.2, 0.25) is 0 Å². The Bertz CT molecular complexity index is 460. The van der Waals surface area contributed by atoms with Crippen molar-refractivity contribution in [1.29, 1.82) is 5.26 Å². The number of carbonyl (C=O) groups is 2. The van der Waals surface area contributed by atoms with E-state index in [-0.39, 0.29) is 17.0 Å². The summed E-state index contributed by atoms with van der Waals surface area (Å²) in [6.45, 7) is 1.33. The molecule has 0 atom stereocenters. The molecule has 0 heterocycles. The summed E-state index contributed by atoms with van der Waals surface area (Å²) in [4.78, 5) is 21.4. The third kappa shape index (κ3) is 2.54. The first-order valence-electron chi connectivity index (χ1n) is 4.09. The van der Waals surface area contributed by atoms with Gasteiger partial charge in [0.2, 0.25) is 5.91 Å². The molecule has 0 saturated heterocycles. The molecule has 0 spiro atoms. The van der Waals surface area contributed by atoms with Gasteiger partial charge in [-0.1, -0.05) is 0 Å². The van der Waals surface area contributed by atoms with Crippen LogP contribution in [0.1, 0.15) is 22.8 Å². The minimum absolute atomic E-state index is 0.0220. The van der Waals surface area contributed by atoms with Crippen LogP contribution in [0.3, 0.4) is 0 Å². The van der Waals surface area contributed by atoms with E-state index in [1.54, 1.807) is 6.07 Å². The average Bonchev–Trinajstić information content (AvgIpc) is 2.16. The number of hydrogen-bond donors (Lipinski definition) is 2. The van der Waals surface area contributed by atoms with E-state index in [4.69, 9.17) is 10.4 Å². The van der Waals surface area contributed by atoms with Crippen molar-refractivity contribution in [3.8, 4) is 6.07 Å². The van der Waals surface area contributed by atoms with Crippen molar-refractivity contribution in [2.45, 2.75) is 6.92 Å². The van der Waals surface area contributed by atoms with Crippen LogP contribution < -0.4 is 5.32 Å². The number of nitriles is 1. The predicted octanol–water partition coefficient (Wildman–Crippen LogP) is 1.21. The lowest BCUT2D eigenvalue weighted by Crippen LogP contribution is -2.07. The van der Waals surface area contributed by atoms with Gasteiger partial charge in [-0.3, -0.25) is 4.79 Å².